The summed E-state index contributed by atoms with van der Waals surface area (Å²) in [7, 11) is 0. The lowest BCUT2D eigenvalue weighted by atomic mass is 9.78. The van der Waals surface area contributed by atoms with E-state index >= 15 is 0 Å². The van der Waals surface area contributed by atoms with Crippen molar-refractivity contribution >= 4 is 5.84 Å². The van der Waals surface area contributed by atoms with Gasteiger partial charge in [0.25, 0.3) is 0 Å². The summed E-state index contributed by atoms with van der Waals surface area (Å²) in [6.07, 6.45) is 1.55. The summed E-state index contributed by atoms with van der Waals surface area (Å²) >= 11 is 0. The molecule has 1 atom stereocenters. The molecular weight excluding hydrogens is 358 g/mol. The number of rotatable bonds is 3. The van der Waals surface area contributed by atoms with Crippen LogP contribution in [-0.4, -0.2) is 16.9 Å². The summed E-state index contributed by atoms with van der Waals surface area (Å²) in [5.74, 6) is -0.153. The van der Waals surface area contributed by atoms with Gasteiger partial charge in [0.05, 0.1) is 17.7 Å². The van der Waals surface area contributed by atoms with E-state index < -0.39 is 5.54 Å². The summed E-state index contributed by atoms with van der Waals surface area (Å²) in [6, 6.07) is 17.4. The molecule has 0 fully saturated rings. The first kappa shape index (κ1) is 17.8. The number of aliphatic imine (C=N–C) groups is 1. The van der Waals surface area contributed by atoms with Crippen LogP contribution in [0, 0.1) is 23.0 Å². The molecule has 4 nitrogen and oxygen atoms in total. The average Bonchev–Trinajstić information content (AvgIpc) is 3.07. The average molecular weight is 374 g/mol. The van der Waals surface area contributed by atoms with Crippen molar-refractivity contribution < 1.29 is 8.78 Å². The predicted octanol–water partition coefficient (Wildman–Crippen LogP) is 3.91. The molecule has 4 rings (SSSR count). The fourth-order valence-corrected chi connectivity index (χ4v) is 3.59. The fourth-order valence-electron chi connectivity index (χ4n) is 3.59. The molecule has 28 heavy (non-hydrogen) atoms. The van der Waals surface area contributed by atoms with Gasteiger partial charge in [0.2, 0.25) is 0 Å². The lowest BCUT2D eigenvalue weighted by Gasteiger charge is -2.35. The first-order valence-electron chi connectivity index (χ1n) is 8.77. The summed E-state index contributed by atoms with van der Waals surface area (Å²) < 4.78 is 27.1. The topological polar surface area (TPSA) is 61.1 Å². The first-order chi connectivity index (χ1) is 13.5. The molecule has 1 aliphatic rings. The number of pyridine rings is 1. The Hall–Kier alpha value is -3.59. The van der Waals surface area contributed by atoms with Gasteiger partial charge in [-0.3, -0.25) is 9.98 Å². The number of nitrogens with one attached hydrogen (secondary N) is 1. The molecule has 0 radical (unpaired) electrons. The normalized spacial score (nSPS) is 17.5. The number of amidine groups is 1. The summed E-state index contributed by atoms with van der Waals surface area (Å²) in [5.41, 5.74) is 1.78. The van der Waals surface area contributed by atoms with Crippen LogP contribution in [0.1, 0.15) is 29.3 Å². The van der Waals surface area contributed by atoms with E-state index in [4.69, 9.17) is 10.3 Å². The number of hydrogen-bond donors (Lipinski definition) is 1. The Labute approximate surface area is 161 Å². The molecule has 0 spiro atoms. The smallest absolute Gasteiger partial charge is 0.148 e. The molecule has 0 saturated carbocycles. The van der Waals surface area contributed by atoms with Crippen molar-refractivity contribution in [1.82, 2.24) is 10.3 Å². The van der Waals surface area contributed by atoms with Gasteiger partial charge in [-0.2, -0.15) is 5.26 Å². The molecule has 1 N–H and O–H groups in total. The molecule has 2 aromatic carbocycles. The SMILES string of the molecule is C[C@H]1N=C(c2cc(C#N)ccn2)NC1(c1ccc(F)cc1)c1ccc(F)cc1. The Morgan fingerprint density at radius 1 is 0.964 bits per heavy atom. The Balaban J connectivity index is 1.84. The van der Waals surface area contributed by atoms with Gasteiger partial charge in [0.1, 0.15) is 28.7 Å². The molecule has 0 aliphatic carbocycles. The summed E-state index contributed by atoms with van der Waals surface area (Å²) in [5, 5.41) is 12.6. The molecule has 6 heteroatoms. The van der Waals surface area contributed by atoms with Crippen molar-refractivity contribution in [1.29, 1.82) is 5.26 Å². The molecule has 1 aromatic heterocycles. The van der Waals surface area contributed by atoms with Crippen LogP contribution in [0.2, 0.25) is 0 Å². The van der Waals surface area contributed by atoms with Gasteiger partial charge in [0.15, 0.2) is 0 Å². The van der Waals surface area contributed by atoms with Gasteiger partial charge in [-0.1, -0.05) is 24.3 Å². The van der Waals surface area contributed by atoms with Gasteiger partial charge in [-0.15, -0.1) is 0 Å². The van der Waals surface area contributed by atoms with Crippen molar-refractivity contribution in [3.63, 3.8) is 0 Å². The Morgan fingerprint density at radius 2 is 1.54 bits per heavy atom. The van der Waals surface area contributed by atoms with Crippen molar-refractivity contribution in [2.24, 2.45) is 4.99 Å². The highest BCUT2D eigenvalue weighted by atomic mass is 19.1. The van der Waals surface area contributed by atoms with E-state index in [1.807, 2.05) is 6.92 Å². The minimum Gasteiger partial charge on any atom is -0.353 e. The summed E-state index contributed by atoms with van der Waals surface area (Å²) in [6.45, 7) is 1.93. The number of benzene rings is 2. The summed E-state index contributed by atoms with van der Waals surface area (Å²) in [4.78, 5) is 9.05. The second-order valence-electron chi connectivity index (χ2n) is 6.64. The van der Waals surface area contributed by atoms with E-state index in [0.29, 0.717) is 17.1 Å². The minimum absolute atomic E-state index is 0.286. The van der Waals surface area contributed by atoms with Crippen LogP contribution < -0.4 is 5.32 Å². The second-order valence-corrected chi connectivity index (χ2v) is 6.64. The van der Waals surface area contributed by atoms with Gasteiger partial charge < -0.3 is 5.32 Å². The van der Waals surface area contributed by atoms with E-state index in [1.54, 1.807) is 42.6 Å². The first-order valence-corrected chi connectivity index (χ1v) is 8.77. The van der Waals surface area contributed by atoms with Crippen LogP contribution in [0.4, 0.5) is 8.78 Å². The molecule has 0 unspecified atom stereocenters. The second kappa shape index (κ2) is 6.86. The van der Waals surface area contributed by atoms with Gasteiger partial charge in [-0.25, -0.2) is 8.78 Å². The Bertz CT molecular complexity index is 1040. The van der Waals surface area contributed by atoms with E-state index in [1.165, 1.54) is 24.3 Å². The van der Waals surface area contributed by atoms with Crippen molar-refractivity contribution in [3.8, 4) is 6.07 Å². The number of hydrogen-bond acceptors (Lipinski definition) is 4. The zero-order chi connectivity index (χ0) is 19.7. The highest BCUT2D eigenvalue weighted by Crippen LogP contribution is 2.38. The fraction of sp³-hybridized carbons (Fsp3) is 0.136. The van der Waals surface area contributed by atoms with E-state index in [2.05, 4.69) is 16.4 Å². The Kier molecular flexibility index (Phi) is 4.36. The van der Waals surface area contributed by atoms with Crippen LogP contribution in [0.3, 0.4) is 0 Å². The maximum Gasteiger partial charge on any atom is 0.148 e. The van der Waals surface area contributed by atoms with Crippen LogP contribution in [0.15, 0.2) is 71.9 Å². The van der Waals surface area contributed by atoms with Crippen LogP contribution in [0.25, 0.3) is 0 Å². The zero-order valence-corrected chi connectivity index (χ0v) is 15.0. The molecule has 0 amide bonds. The largest absolute Gasteiger partial charge is 0.353 e. The standard InChI is InChI=1S/C22H16F2N4/c1-14-22(16-2-6-18(23)7-3-16,17-4-8-19(24)9-5-17)28-21(27-14)20-12-15(13-25)10-11-26-20/h2-12,14H,1H3,(H,27,28)/t14-/m1/s1. The highest BCUT2D eigenvalue weighted by molar-refractivity contribution is 6.00. The molecule has 0 saturated heterocycles. The zero-order valence-electron chi connectivity index (χ0n) is 15.0. The number of nitrogens with zero attached hydrogens (tertiary/aromatic N) is 3. The van der Waals surface area contributed by atoms with Crippen molar-refractivity contribution in [3.05, 3.63) is 101 Å². The third-order valence-corrected chi connectivity index (χ3v) is 5.00. The highest BCUT2D eigenvalue weighted by Gasteiger charge is 2.45. The monoisotopic (exact) mass is 374 g/mol. The quantitative estimate of drug-likeness (QED) is 0.756. The molecule has 138 valence electrons. The third-order valence-electron chi connectivity index (χ3n) is 5.00. The maximum atomic E-state index is 13.5. The van der Waals surface area contributed by atoms with Gasteiger partial charge >= 0.3 is 0 Å². The molecule has 1 aliphatic heterocycles. The van der Waals surface area contributed by atoms with E-state index in [0.717, 1.165) is 11.1 Å². The number of nitriles is 1. The van der Waals surface area contributed by atoms with Crippen molar-refractivity contribution in [2.75, 3.05) is 0 Å². The van der Waals surface area contributed by atoms with Crippen LogP contribution in [-0.2, 0) is 5.54 Å². The minimum atomic E-state index is -0.818. The number of halogens is 2. The Morgan fingerprint density at radius 3 is 2.07 bits per heavy atom. The van der Waals surface area contributed by atoms with E-state index in [-0.39, 0.29) is 17.7 Å². The molecule has 2 heterocycles. The molecule has 0 bridgehead atoms. The predicted molar refractivity (Wildman–Crippen MR) is 102 cm³/mol. The molecular formula is C22H16F2N4. The molecule has 3 aromatic rings. The maximum absolute atomic E-state index is 13.5. The van der Waals surface area contributed by atoms with Gasteiger partial charge in [-0.05, 0) is 54.4 Å². The van der Waals surface area contributed by atoms with Crippen LogP contribution in [0.5, 0.6) is 0 Å². The third kappa shape index (κ3) is 2.91. The van der Waals surface area contributed by atoms with Crippen molar-refractivity contribution in [2.45, 2.75) is 18.5 Å². The van der Waals surface area contributed by atoms with Gasteiger partial charge in [0, 0.05) is 6.20 Å². The lowest BCUT2D eigenvalue weighted by molar-refractivity contribution is 0.433. The number of aromatic nitrogens is 1. The van der Waals surface area contributed by atoms with Crippen LogP contribution >= 0.6 is 0 Å². The van der Waals surface area contributed by atoms with E-state index in [9.17, 15) is 8.78 Å². The lowest BCUT2D eigenvalue weighted by Crippen LogP contribution is -2.48.